The van der Waals surface area contributed by atoms with Crippen LogP contribution >= 0.6 is 27.7 Å². The summed E-state index contributed by atoms with van der Waals surface area (Å²) in [4.78, 5) is 17.6. The molecule has 0 atom stereocenters. The second kappa shape index (κ2) is 7.12. The molecule has 1 aliphatic heterocycles. The Morgan fingerprint density at radius 2 is 2.26 bits per heavy atom. The summed E-state index contributed by atoms with van der Waals surface area (Å²) in [7, 11) is 0. The Hall–Kier alpha value is -0.790. The van der Waals surface area contributed by atoms with Gasteiger partial charge in [-0.05, 0) is 22.0 Å². The van der Waals surface area contributed by atoms with Crippen LogP contribution in [0, 0.1) is 0 Å². The van der Waals surface area contributed by atoms with Gasteiger partial charge in [0.1, 0.15) is 11.4 Å². The summed E-state index contributed by atoms with van der Waals surface area (Å²) in [6, 6.07) is 1.56. The van der Waals surface area contributed by atoms with Crippen LogP contribution in [0.2, 0.25) is 0 Å². The number of anilines is 1. The molecule has 5 nitrogen and oxygen atoms in total. The van der Waals surface area contributed by atoms with E-state index in [1.165, 1.54) is 11.5 Å². The summed E-state index contributed by atoms with van der Waals surface area (Å²) in [6.45, 7) is 3.83. The van der Waals surface area contributed by atoms with Crippen molar-refractivity contribution in [3.05, 3.63) is 22.3 Å². The molecule has 1 saturated heterocycles. The van der Waals surface area contributed by atoms with Gasteiger partial charge in [-0.3, -0.25) is 4.90 Å². The maximum atomic E-state index is 11.1. The number of carboxylic acid groups (broad SMARTS) is 1. The van der Waals surface area contributed by atoms with Crippen LogP contribution in [0.1, 0.15) is 10.4 Å². The fourth-order valence-electron chi connectivity index (χ4n) is 1.90. The van der Waals surface area contributed by atoms with Crippen LogP contribution in [0.3, 0.4) is 0 Å². The molecule has 0 bridgehead atoms. The van der Waals surface area contributed by atoms with Gasteiger partial charge < -0.3 is 10.4 Å². The van der Waals surface area contributed by atoms with Crippen molar-refractivity contribution >= 4 is 39.5 Å². The van der Waals surface area contributed by atoms with E-state index in [4.69, 9.17) is 5.11 Å². The molecule has 2 rings (SSSR count). The van der Waals surface area contributed by atoms with Crippen molar-refractivity contribution < 1.29 is 9.90 Å². The van der Waals surface area contributed by atoms with Gasteiger partial charge in [0.05, 0.1) is 0 Å². The van der Waals surface area contributed by atoms with Gasteiger partial charge in [0.2, 0.25) is 0 Å². The number of halogens is 1. The molecule has 104 valence electrons. The molecule has 0 spiro atoms. The number of nitrogens with one attached hydrogen (secondary N) is 1. The van der Waals surface area contributed by atoms with Crippen molar-refractivity contribution in [3.63, 3.8) is 0 Å². The largest absolute Gasteiger partial charge is 0.478 e. The second-order valence-electron chi connectivity index (χ2n) is 4.24. The van der Waals surface area contributed by atoms with Crippen molar-refractivity contribution in [1.82, 2.24) is 9.88 Å². The molecule has 0 radical (unpaired) electrons. The average molecular weight is 346 g/mol. The third-order valence-electron chi connectivity index (χ3n) is 2.91. The van der Waals surface area contributed by atoms with Crippen LogP contribution in [0.4, 0.5) is 5.82 Å². The van der Waals surface area contributed by atoms with Gasteiger partial charge >= 0.3 is 5.97 Å². The summed E-state index contributed by atoms with van der Waals surface area (Å²) in [6.07, 6.45) is 1.60. The van der Waals surface area contributed by atoms with Crippen molar-refractivity contribution in [2.45, 2.75) is 0 Å². The normalized spacial score (nSPS) is 16.3. The minimum absolute atomic E-state index is 0.198. The predicted molar refractivity (Wildman–Crippen MR) is 81.2 cm³/mol. The SMILES string of the molecule is O=C(O)c1cc(Br)cnc1NCCN1CCSCC1. The molecule has 0 unspecified atom stereocenters. The van der Waals surface area contributed by atoms with Crippen molar-refractivity contribution in [2.24, 2.45) is 0 Å². The maximum Gasteiger partial charge on any atom is 0.339 e. The fraction of sp³-hybridized carbons (Fsp3) is 0.500. The Kier molecular flexibility index (Phi) is 5.47. The number of aromatic carboxylic acids is 1. The van der Waals surface area contributed by atoms with Gasteiger partial charge in [0, 0.05) is 48.4 Å². The zero-order chi connectivity index (χ0) is 13.7. The topological polar surface area (TPSA) is 65.5 Å². The van der Waals surface area contributed by atoms with Crippen molar-refractivity contribution in [2.75, 3.05) is 43.0 Å². The second-order valence-corrected chi connectivity index (χ2v) is 6.38. The molecule has 2 N–H and O–H groups in total. The van der Waals surface area contributed by atoms with E-state index in [0.29, 0.717) is 16.8 Å². The number of aromatic nitrogens is 1. The summed E-state index contributed by atoms with van der Waals surface area (Å²) < 4.78 is 0.670. The molecular weight excluding hydrogens is 330 g/mol. The van der Waals surface area contributed by atoms with E-state index in [2.05, 4.69) is 31.1 Å². The summed E-state index contributed by atoms with van der Waals surface area (Å²) in [5.41, 5.74) is 0.198. The lowest BCUT2D eigenvalue weighted by molar-refractivity contribution is 0.0697. The first kappa shape index (κ1) is 14.6. The number of hydrogen-bond donors (Lipinski definition) is 2. The van der Waals surface area contributed by atoms with Crippen LogP contribution in [-0.4, -0.2) is 58.6 Å². The number of nitrogens with zero attached hydrogens (tertiary/aromatic N) is 2. The highest BCUT2D eigenvalue weighted by molar-refractivity contribution is 9.10. The minimum Gasteiger partial charge on any atom is -0.478 e. The summed E-state index contributed by atoms with van der Waals surface area (Å²) in [5, 5.41) is 12.2. The Morgan fingerprint density at radius 1 is 1.53 bits per heavy atom. The van der Waals surface area contributed by atoms with Gasteiger partial charge in [-0.1, -0.05) is 0 Å². The van der Waals surface area contributed by atoms with Gasteiger partial charge in [0.25, 0.3) is 0 Å². The molecule has 0 aliphatic carbocycles. The first-order valence-electron chi connectivity index (χ1n) is 6.09. The maximum absolute atomic E-state index is 11.1. The highest BCUT2D eigenvalue weighted by atomic mass is 79.9. The monoisotopic (exact) mass is 345 g/mol. The average Bonchev–Trinajstić information content (AvgIpc) is 2.41. The number of pyridine rings is 1. The van der Waals surface area contributed by atoms with Gasteiger partial charge in [0.15, 0.2) is 0 Å². The zero-order valence-electron chi connectivity index (χ0n) is 10.4. The minimum atomic E-state index is -0.967. The molecule has 0 saturated carbocycles. The standard InChI is InChI=1S/C12H16BrN3O2S/c13-9-7-10(12(17)18)11(15-8-9)14-1-2-16-3-5-19-6-4-16/h7-8H,1-6H2,(H,14,15)(H,17,18). The molecule has 1 aromatic heterocycles. The number of thioether (sulfide) groups is 1. The third kappa shape index (κ3) is 4.36. The fourth-order valence-corrected chi connectivity index (χ4v) is 3.21. The lowest BCUT2D eigenvalue weighted by Crippen LogP contribution is -2.36. The molecule has 1 aromatic rings. The van der Waals surface area contributed by atoms with E-state index < -0.39 is 5.97 Å². The smallest absolute Gasteiger partial charge is 0.339 e. The Balaban J connectivity index is 1.89. The first-order valence-corrected chi connectivity index (χ1v) is 8.04. The lowest BCUT2D eigenvalue weighted by atomic mass is 10.2. The Morgan fingerprint density at radius 3 is 2.95 bits per heavy atom. The molecule has 1 aliphatic rings. The van der Waals surface area contributed by atoms with E-state index in [1.54, 1.807) is 12.3 Å². The van der Waals surface area contributed by atoms with E-state index in [9.17, 15) is 4.79 Å². The van der Waals surface area contributed by atoms with Crippen LogP contribution in [0.5, 0.6) is 0 Å². The van der Waals surface area contributed by atoms with E-state index >= 15 is 0 Å². The highest BCUT2D eigenvalue weighted by Crippen LogP contribution is 2.18. The molecule has 0 amide bonds. The highest BCUT2D eigenvalue weighted by Gasteiger charge is 2.13. The predicted octanol–water partition coefficient (Wildman–Crippen LogP) is 2.00. The van der Waals surface area contributed by atoms with Crippen molar-refractivity contribution in [1.29, 1.82) is 0 Å². The van der Waals surface area contributed by atoms with Crippen molar-refractivity contribution in [3.8, 4) is 0 Å². The summed E-state index contributed by atoms with van der Waals surface area (Å²) >= 11 is 5.21. The molecule has 1 fully saturated rings. The molecular formula is C12H16BrN3O2S. The molecule has 0 aromatic carbocycles. The lowest BCUT2D eigenvalue weighted by Gasteiger charge is -2.26. The number of hydrogen-bond acceptors (Lipinski definition) is 5. The molecule has 2 heterocycles. The number of carboxylic acids is 1. The Labute approximate surface area is 124 Å². The third-order valence-corrected chi connectivity index (χ3v) is 4.29. The summed E-state index contributed by atoms with van der Waals surface area (Å²) in [5.74, 6) is 1.82. The van der Waals surface area contributed by atoms with Gasteiger partial charge in [-0.15, -0.1) is 0 Å². The van der Waals surface area contributed by atoms with E-state index in [0.717, 1.165) is 19.6 Å². The van der Waals surface area contributed by atoms with E-state index in [1.807, 2.05) is 11.8 Å². The first-order chi connectivity index (χ1) is 9.16. The van der Waals surface area contributed by atoms with Crippen LogP contribution in [0.25, 0.3) is 0 Å². The van der Waals surface area contributed by atoms with Gasteiger partial charge in [-0.25, -0.2) is 9.78 Å². The Bertz CT molecular complexity index is 453. The molecule has 7 heteroatoms. The number of rotatable bonds is 5. The van der Waals surface area contributed by atoms with E-state index in [-0.39, 0.29) is 5.56 Å². The van der Waals surface area contributed by atoms with Crippen LogP contribution in [0.15, 0.2) is 16.7 Å². The molecule has 19 heavy (non-hydrogen) atoms. The van der Waals surface area contributed by atoms with Crippen LogP contribution in [-0.2, 0) is 0 Å². The number of carbonyl (C=O) groups is 1. The zero-order valence-corrected chi connectivity index (χ0v) is 12.8. The van der Waals surface area contributed by atoms with Gasteiger partial charge in [-0.2, -0.15) is 11.8 Å². The van der Waals surface area contributed by atoms with Crippen LogP contribution < -0.4 is 5.32 Å². The quantitative estimate of drug-likeness (QED) is 0.850.